The first-order chi connectivity index (χ1) is 7.67. The van der Waals surface area contributed by atoms with E-state index in [1.54, 1.807) is 0 Å². The molecule has 5 nitrogen and oxygen atoms in total. The minimum absolute atomic E-state index is 0.0957. The van der Waals surface area contributed by atoms with Crippen LogP contribution in [0.2, 0.25) is 0 Å². The summed E-state index contributed by atoms with van der Waals surface area (Å²) in [7, 11) is 0. The molecule has 1 aromatic rings. The number of hydrogen-bond acceptors (Lipinski definition) is 4. The molecule has 1 saturated heterocycles. The second kappa shape index (κ2) is 4.76. The van der Waals surface area contributed by atoms with Gasteiger partial charge in [0.1, 0.15) is 5.82 Å². The molecule has 0 amide bonds. The zero-order valence-electron chi connectivity index (χ0n) is 9.44. The van der Waals surface area contributed by atoms with Crippen molar-refractivity contribution in [2.24, 2.45) is 0 Å². The van der Waals surface area contributed by atoms with Crippen molar-refractivity contribution in [2.45, 2.75) is 32.4 Å². The average molecular weight is 223 g/mol. The summed E-state index contributed by atoms with van der Waals surface area (Å²) in [5, 5.41) is 9.40. The molecule has 0 bridgehead atoms. The lowest BCUT2D eigenvalue weighted by Crippen LogP contribution is -2.25. The predicted octanol–water partition coefficient (Wildman–Crippen LogP) is -0.101. The van der Waals surface area contributed by atoms with Gasteiger partial charge in [0.2, 0.25) is 0 Å². The molecular formula is C11H17N3O2. The highest BCUT2D eigenvalue weighted by atomic mass is 16.3. The fourth-order valence-corrected chi connectivity index (χ4v) is 1.99. The summed E-state index contributed by atoms with van der Waals surface area (Å²) in [6, 6.07) is 1.53. The van der Waals surface area contributed by atoms with Crippen LogP contribution in [0.25, 0.3) is 0 Å². The number of aliphatic hydroxyl groups is 1. The Morgan fingerprint density at radius 3 is 3.12 bits per heavy atom. The lowest BCUT2D eigenvalue weighted by molar-refractivity contribution is 0.174. The van der Waals surface area contributed by atoms with E-state index in [1.165, 1.54) is 6.07 Å². The molecule has 5 heteroatoms. The van der Waals surface area contributed by atoms with E-state index >= 15 is 0 Å². The number of likely N-dealkylation sites (tertiary alicyclic amines) is 1. The largest absolute Gasteiger partial charge is 0.392 e. The third kappa shape index (κ3) is 2.68. The second-order valence-electron chi connectivity index (χ2n) is 4.21. The molecule has 0 radical (unpaired) electrons. The third-order valence-electron chi connectivity index (χ3n) is 2.83. The fourth-order valence-electron chi connectivity index (χ4n) is 1.99. The number of aromatic nitrogens is 2. The van der Waals surface area contributed by atoms with Crippen LogP contribution in [0.3, 0.4) is 0 Å². The Morgan fingerprint density at radius 1 is 1.69 bits per heavy atom. The monoisotopic (exact) mass is 223 g/mol. The normalized spacial score (nSPS) is 21.5. The quantitative estimate of drug-likeness (QED) is 0.750. The van der Waals surface area contributed by atoms with Crippen molar-refractivity contribution in [3.63, 3.8) is 0 Å². The molecule has 16 heavy (non-hydrogen) atoms. The molecule has 2 rings (SSSR count). The van der Waals surface area contributed by atoms with Crippen LogP contribution in [-0.2, 0) is 13.0 Å². The van der Waals surface area contributed by atoms with E-state index in [-0.39, 0.29) is 11.7 Å². The molecule has 0 saturated carbocycles. The van der Waals surface area contributed by atoms with Crippen LogP contribution in [0.5, 0.6) is 0 Å². The van der Waals surface area contributed by atoms with Crippen molar-refractivity contribution in [1.82, 2.24) is 14.9 Å². The number of H-pyrrole nitrogens is 1. The van der Waals surface area contributed by atoms with Crippen LogP contribution in [0.15, 0.2) is 10.9 Å². The van der Waals surface area contributed by atoms with Crippen molar-refractivity contribution in [3.8, 4) is 0 Å². The maximum Gasteiger partial charge on any atom is 0.251 e. The molecule has 0 aliphatic carbocycles. The summed E-state index contributed by atoms with van der Waals surface area (Å²) < 4.78 is 0. The number of nitrogens with zero attached hydrogens (tertiary/aromatic N) is 2. The van der Waals surface area contributed by atoms with Gasteiger partial charge in [0.15, 0.2) is 0 Å². The van der Waals surface area contributed by atoms with Crippen molar-refractivity contribution in [3.05, 3.63) is 27.9 Å². The molecule has 1 aliphatic heterocycles. The number of nitrogens with one attached hydrogen (secondary N) is 1. The molecular weight excluding hydrogens is 206 g/mol. The molecule has 2 heterocycles. The van der Waals surface area contributed by atoms with Gasteiger partial charge in [-0.2, -0.15) is 0 Å². The van der Waals surface area contributed by atoms with Crippen LogP contribution >= 0.6 is 0 Å². The van der Waals surface area contributed by atoms with Gasteiger partial charge in [-0.25, -0.2) is 4.98 Å². The number of aliphatic hydroxyl groups excluding tert-OH is 1. The predicted molar refractivity (Wildman–Crippen MR) is 60.1 cm³/mol. The zero-order valence-corrected chi connectivity index (χ0v) is 9.44. The van der Waals surface area contributed by atoms with Crippen LogP contribution < -0.4 is 5.56 Å². The second-order valence-corrected chi connectivity index (χ2v) is 4.21. The summed E-state index contributed by atoms with van der Waals surface area (Å²) in [6.45, 7) is 4.12. The van der Waals surface area contributed by atoms with Crippen LogP contribution in [0.1, 0.15) is 24.9 Å². The average Bonchev–Trinajstić information content (AvgIpc) is 2.63. The Balaban J connectivity index is 2.09. The minimum Gasteiger partial charge on any atom is -0.392 e. The Kier molecular flexibility index (Phi) is 3.36. The third-order valence-corrected chi connectivity index (χ3v) is 2.83. The van der Waals surface area contributed by atoms with E-state index in [1.807, 2.05) is 6.92 Å². The van der Waals surface area contributed by atoms with Crippen molar-refractivity contribution >= 4 is 0 Å². The number of hydrogen-bond donors (Lipinski definition) is 2. The van der Waals surface area contributed by atoms with Gasteiger partial charge in [0.05, 0.1) is 12.6 Å². The molecule has 2 N–H and O–H groups in total. The van der Waals surface area contributed by atoms with Gasteiger partial charge < -0.3 is 10.1 Å². The molecule has 0 spiro atoms. The van der Waals surface area contributed by atoms with E-state index in [2.05, 4.69) is 14.9 Å². The Morgan fingerprint density at radius 2 is 2.50 bits per heavy atom. The summed E-state index contributed by atoms with van der Waals surface area (Å²) >= 11 is 0. The van der Waals surface area contributed by atoms with Crippen LogP contribution in [-0.4, -0.2) is 39.2 Å². The van der Waals surface area contributed by atoms with Crippen molar-refractivity contribution in [2.75, 3.05) is 13.1 Å². The van der Waals surface area contributed by atoms with E-state index in [4.69, 9.17) is 0 Å². The van der Waals surface area contributed by atoms with Crippen LogP contribution in [0.4, 0.5) is 0 Å². The topological polar surface area (TPSA) is 69.2 Å². The Hall–Kier alpha value is -1.20. The summed E-state index contributed by atoms with van der Waals surface area (Å²) in [4.78, 5) is 20.5. The molecule has 1 aromatic heterocycles. The maximum absolute atomic E-state index is 11.3. The summed E-state index contributed by atoms with van der Waals surface area (Å²) in [5.74, 6) is 0.693. The van der Waals surface area contributed by atoms with Gasteiger partial charge in [-0.05, 0) is 12.8 Å². The number of aryl methyl sites for hydroxylation is 1. The minimum atomic E-state index is -0.235. The lowest BCUT2D eigenvalue weighted by Gasteiger charge is -2.14. The molecule has 0 aromatic carbocycles. The summed E-state index contributed by atoms with van der Waals surface area (Å²) in [5.41, 5.74) is 0.722. The van der Waals surface area contributed by atoms with E-state index < -0.39 is 0 Å². The van der Waals surface area contributed by atoms with Gasteiger partial charge in [-0.3, -0.25) is 9.69 Å². The van der Waals surface area contributed by atoms with Gasteiger partial charge >= 0.3 is 0 Å². The SMILES string of the molecule is CCc1cc(=O)[nH]c(CN2CC[C@H](O)C2)n1. The molecule has 0 unspecified atom stereocenters. The van der Waals surface area contributed by atoms with Gasteiger partial charge in [0, 0.05) is 24.8 Å². The van der Waals surface area contributed by atoms with E-state index in [9.17, 15) is 9.90 Å². The first kappa shape index (κ1) is 11.3. The highest BCUT2D eigenvalue weighted by molar-refractivity contribution is 5.02. The molecule has 88 valence electrons. The molecule has 1 atom stereocenters. The Bertz CT molecular complexity index is 416. The lowest BCUT2D eigenvalue weighted by atomic mass is 10.3. The number of rotatable bonds is 3. The molecule has 1 aliphatic rings. The zero-order chi connectivity index (χ0) is 11.5. The smallest absolute Gasteiger partial charge is 0.251 e. The Labute approximate surface area is 94.1 Å². The fraction of sp³-hybridized carbons (Fsp3) is 0.636. The first-order valence-electron chi connectivity index (χ1n) is 5.67. The van der Waals surface area contributed by atoms with Crippen LogP contribution in [0, 0.1) is 0 Å². The van der Waals surface area contributed by atoms with Gasteiger partial charge in [-0.1, -0.05) is 6.92 Å². The highest BCUT2D eigenvalue weighted by Crippen LogP contribution is 2.10. The van der Waals surface area contributed by atoms with Crippen molar-refractivity contribution in [1.29, 1.82) is 0 Å². The summed E-state index contributed by atoms with van der Waals surface area (Å²) in [6.07, 6.45) is 1.33. The van der Waals surface area contributed by atoms with E-state index in [0.717, 1.165) is 25.1 Å². The van der Waals surface area contributed by atoms with Gasteiger partial charge in [0.25, 0.3) is 5.56 Å². The van der Waals surface area contributed by atoms with Crippen molar-refractivity contribution < 1.29 is 5.11 Å². The van der Waals surface area contributed by atoms with Gasteiger partial charge in [-0.15, -0.1) is 0 Å². The number of aromatic amines is 1. The maximum atomic E-state index is 11.3. The standard InChI is InChI=1S/C11H17N3O2/c1-2-8-5-11(16)13-10(12-8)7-14-4-3-9(15)6-14/h5,9,15H,2-4,6-7H2,1H3,(H,12,13,16)/t9-/m0/s1. The number of β-amino-alcohol motifs (C(OH)–C–C–N with tert-alkyl or cyclic N) is 1. The highest BCUT2D eigenvalue weighted by Gasteiger charge is 2.20. The molecule has 1 fully saturated rings. The first-order valence-corrected chi connectivity index (χ1v) is 5.67. The van der Waals surface area contributed by atoms with E-state index in [0.29, 0.717) is 18.9 Å².